The first-order valence-electron chi connectivity index (χ1n) is 6.58. The van der Waals surface area contributed by atoms with E-state index in [0.717, 1.165) is 36.7 Å². The molecule has 0 saturated heterocycles. The van der Waals surface area contributed by atoms with E-state index in [-0.39, 0.29) is 11.3 Å². The van der Waals surface area contributed by atoms with Crippen molar-refractivity contribution in [1.82, 2.24) is 4.90 Å². The molecule has 108 valence electrons. The molecule has 3 N–H and O–H groups in total. The van der Waals surface area contributed by atoms with Gasteiger partial charge in [0, 0.05) is 16.8 Å². The Bertz CT molecular complexity index is 415. The lowest BCUT2D eigenvalue weighted by atomic mass is 9.86. The van der Waals surface area contributed by atoms with Gasteiger partial charge in [-0.3, -0.25) is 5.41 Å². The van der Waals surface area contributed by atoms with E-state index in [2.05, 4.69) is 18.0 Å². The Balaban J connectivity index is 2.21. The maximum Gasteiger partial charge on any atom is 0.0963 e. The Morgan fingerprint density at radius 3 is 2.63 bits per heavy atom. The number of rotatable bonds is 8. The summed E-state index contributed by atoms with van der Waals surface area (Å²) in [7, 11) is 2.13. The van der Waals surface area contributed by atoms with E-state index in [1.807, 2.05) is 19.9 Å². The molecule has 1 aromatic heterocycles. The summed E-state index contributed by atoms with van der Waals surface area (Å²) in [5.74, 6) is 0.286. The van der Waals surface area contributed by atoms with Crippen LogP contribution in [-0.2, 0) is 6.54 Å². The predicted octanol–water partition coefficient (Wildman–Crippen LogP) is 3.97. The van der Waals surface area contributed by atoms with Crippen molar-refractivity contribution in [3.63, 3.8) is 0 Å². The number of nitrogens with one attached hydrogen (secondary N) is 1. The number of nitrogens with two attached hydrogens (primary N) is 1. The van der Waals surface area contributed by atoms with Gasteiger partial charge < -0.3 is 10.6 Å². The second kappa shape index (κ2) is 7.27. The molecule has 0 atom stereocenters. The molecule has 0 bridgehead atoms. The Labute approximate surface area is 125 Å². The van der Waals surface area contributed by atoms with Crippen molar-refractivity contribution in [1.29, 1.82) is 5.41 Å². The summed E-state index contributed by atoms with van der Waals surface area (Å²) >= 11 is 7.56. The zero-order chi connectivity index (χ0) is 14.5. The standard InChI is InChI=1S/C14H24ClN3S/c1-14(2,13(16)17)8-4-5-9-18(3)10-11-6-7-12(15)19-11/h6-7H,4-5,8-10H2,1-3H3,(H3,16,17). The van der Waals surface area contributed by atoms with Crippen molar-refractivity contribution in [2.75, 3.05) is 13.6 Å². The van der Waals surface area contributed by atoms with E-state index in [1.165, 1.54) is 4.88 Å². The minimum Gasteiger partial charge on any atom is -0.387 e. The quantitative estimate of drug-likeness (QED) is 0.434. The lowest BCUT2D eigenvalue weighted by Crippen LogP contribution is -2.31. The number of amidine groups is 1. The molecule has 1 rings (SSSR count). The van der Waals surface area contributed by atoms with Gasteiger partial charge in [0.05, 0.1) is 10.2 Å². The first-order chi connectivity index (χ1) is 8.81. The maximum atomic E-state index is 7.52. The van der Waals surface area contributed by atoms with Crippen molar-refractivity contribution in [2.24, 2.45) is 11.1 Å². The monoisotopic (exact) mass is 301 g/mol. The van der Waals surface area contributed by atoms with Gasteiger partial charge >= 0.3 is 0 Å². The van der Waals surface area contributed by atoms with Crippen LogP contribution in [0.1, 0.15) is 38.0 Å². The van der Waals surface area contributed by atoms with Crippen LogP contribution < -0.4 is 5.73 Å². The highest BCUT2D eigenvalue weighted by Crippen LogP contribution is 2.24. The first kappa shape index (κ1) is 16.5. The van der Waals surface area contributed by atoms with Crippen LogP contribution in [0, 0.1) is 10.8 Å². The Morgan fingerprint density at radius 1 is 1.42 bits per heavy atom. The molecule has 0 spiro atoms. The fourth-order valence-corrected chi connectivity index (χ4v) is 3.03. The first-order valence-corrected chi connectivity index (χ1v) is 7.78. The molecule has 0 aromatic carbocycles. The van der Waals surface area contributed by atoms with E-state index in [9.17, 15) is 0 Å². The van der Waals surface area contributed by atoms with Gasteiger partial charge in [0.25, 0.3) is 0 Å². The van der Waals surface area contributed by atoms with Crippen molar-refractivity contribution in [3.8, 4) is 0 Å². The van der Waals surface area contributed by atoms with Gasteiger partial charge in [-0.1, -0.05) is 31.9 Å². The van der Waals surface area contributed by atoms with Crippen LogP contribution in [0.15, 0.2) is 12.1 Å². The van der Waals surface area contributed by atoms with Crippen molar-refractivity contribution >= 4 is 28.8 Å². The number of halogens is 1. The van der Waals surface area contributed by atoms with Crippen LogP contribution in [0.5, 0.6) is 0 Å². The summed E-state index contributed by atoms with van der Waals surface area (Å²) in [4.78, 5) is 3.61. The minimum atomic E-state index is -0.167. The number of hydrogen-bond acceptors (Lipinski definition) is 3. The average Bonchev–Trinajstić information content (AvgIpc) is 2.70. The highest BCUT2D eigenvalue weighted by atomic mass is 35.5. The summed E-state index contributed by atoms with van der Waals surface area (Å²) in [5.41, 5.74) is 5.41. The fraction of sp³-hybridized carbons (Fsp3) is 0.643. The second-order valence-electron chi connectivity index (χ2n) is 5.70. The molecule has 1 aromatic rings. The van der Waals surface area contributed by atoms with Crippen molar-refractivity contribution in [3.05, 3.63) is 21.3 Å². The molecule has 0 fully saturated rings. The summed E-state index contributed by atoms with van der Waals surface area (Å²) < 4.78 is 0.853. The number of thiophene rings is 1. The van der Waals surface area contributed by atoms with Crippen molar-refractivity contribution < 1.29 is 0 Å². The van der Waals surface area contributed by atoms with E-state index < -0.39 is 0 Å². The molecule has 0 aliphatic rings. The summed E-state index contributed by atoms with van der Waals surface area (Å²) in [6, 6.07) is 4.03. The van der Waals surface area contributed by atoms with Crippen LogP contribution in [0.3, 0.4) is 0 Å². The predicted molar refractivity (Wildman–Crippen MR) is 85.2 cm³/mol. The zero-order valence-corrected chi connectivity index (χ0v) is 13.6. The van der Waals surface area contributed by atoms with Gasteiger partial charge in [0.2, 0.25) is 0 Å². The maximum absolute atomic E-state index is 7.52. The van der Waals surface area contributed by atoms with Gasteiger partial charge in [-0.15, -0.1) is 11.3 Å². The van der Waals surface area contributed by atoms with E-state index in [1.54, 1.807) is 11.3 Å². The fourth-order valence-electron chi connectivity index (χ4n) is 1.87. The van der Waals surface area contributed by atoms with Gasteiger partial charge in [0.1, 0.15) is 0 Å². The van der Waals surface area contributed by atoms with E-state index in [0.29, 0.717) is 0 Å². The molecular formula is C14H24ClN3S. The third-order valence-corrected chi connectivity index (χ3v) is 4.59. The number of hydrogen-bond donors (Lipinski definition) is 2. The summed E-state index contributed by atoms with van der Waals surface area (Å²) in [5, 5.41) is 7.52. The van der Waals surface area contributed by atoms with Gasteiger partial charge in [-0.05, 0) is 38.6 Å². The molecule has 0 radical (unpaired) electrons. The zero-order valence-electron chi connectivity index (χ0n) is 12.0. The topological polar surface area (TPSA) is 53.1 Å². The van der Waals surface area contributed by atoms with Gasteiger partial charge in [-0.25, -0.2) is 0 Å². The molecule has 19 heavy (non-hydrogen) atoms. The Kier molecular flexibility index (Phi) is 6.30. The molecule has 0 unspecified atom stereocenters. The highest BCUT2D eigenvalue weighted by Gasteiger charge is 2.20. The summed E-state index contributed by atoms with van der Waals surface area (Å²) in [6.45, 7) is 6.08. The third-order valence-electron chi connectivity index (χ3n) is 3.38. The second-order valence-corrected chi connectivity index (χ2v) is 7.50. The smallest absolute Gasteiger partial charge is 0.0963 e. The molecule has 0 saturated carbocycles. The SMILES string of the molecule is CN(CCCCC(C)(C)C(=N)N)Cc1ccc(Cl)s1. The normalized spacial score (nSPS) is 12.1. The average molecular weight is 302 g/mol. The number of nitrogens with zero attached hydrogens (tertiary/aromatic N) is 1. The van der Waals surface area contributed by atoms with E-state index in [4.69, 9.17) is 22.7 Å². The van der Waals surface area contributed by atoms with Gasteiger partial charge in [0.15, 0.2) is 0 Å². The Morgan fingerprint density at radius 2 is 2.11 bits per heavy atom. The van der Waals surface area contributed by atoms with Crippen molar-refractivity contribution in [2.45, 2.75) is 39.7 Å². The molecule has 1 heterocycles. The molecule has 5 heteroatoms. The lowest BCUT2D eigenvalue weighted by molar-refractivity contribution is 0.311. The van der Waals surface area contributed by atoms with E-state index >= 15 is 0 Å². The molecule has 0 amide bonds. The molecule has 0 aliphatic carbocycles. The summed E-state index contributed by atoms with van der Waals surface area (Å²) in [6.07, 6.45) is 3.20. The van der Waals surface area contributed by atoms with Crippen LogP contribution >= 0.6 is 22.9 Å². The van der Waals surface area contributed by atoms with Crippen LogP contribution in [0.4, 0.5) is 0 Å². The lowest BCUT2D eigenvalue weighted by Gasteiger charge is -2.23. The van der Waals surface area contributed by atoms with Gasteiger partial charge in [-0.2, -0.15) is 0 Å². The minimum absolute atomic E-state index is 0.167. The molecule has 0 aliphatic heterocycles. The molecule has 3 nitrogen and oxygen atoms in total. The Hall–Kier alpha value is -0.580. The highest BCUT2D eigenvalue weighted by molar-refractivity contribution is 7.16. The molecular weight excluding hydrogens is 278 g/mol. The number of unbranched alkanes of at least 4 members (excludes halogenated alkanes) is 1. The van der Waals surface area contributed by atoms with Crippen LogP contribution in [0.2, 0.25) is 4.34 Å². The van der Waals surface area contributed by atoms with Crippen LogP contribution in [0.25, 0.3) is 0 Å². The third kappa shape index (κ3) is 5.93. The van der Waals surface area contributed by atoms with Crippen LogP contribution in [-0.4, -0.2) is 24.3 Å². The largest absolute Gasteiger partial charge is 0.387 e.